The number of esters is 1. The highest BCUT2D eigenvalue weighted by atomic mass is 35.5. The van der Waals surface area contributed by atoms with Crippen LogP contribution in [0.25, 0.3) is 23.1 Å². The van der Waals surface area contributed by atoms with E-state index in [2.05, 4.69) is 41.5 Å². The Bertz CT molecular complexity index is 1930. The second-order valence-electron chi connectivity index (χ2n) is 15.8. The quantitative estimate of drug-likeness (QED) is 0.0783. The average Bonchev–Trinajstić information content (AvgIpc) is 4.00. The number of carbonyl (C=O) groups excluding carboxylic acids is 2. The Kier molecular flexibility index (Phi) is 12.8. The lowest BCUT2D eigenvalue weighted by Crippen LogP contribution is -2.46. The number of benzene rings is 3. The van der Waals surface area contributed by atoms with Crippen LogP contribution in [0.15, 0.2) is 78.9 Å². The number of thiol groups is 1. The third-order valence-corrected chi connectivity index (χ3v) is 13.2. The van der Waals surface area contributed by atoms with Gasteiger partial charge in [-0.05, 0) is 110 Å². The van der Waals surface area contributed by atoms with Gasteiger partial charge in [0, 0.05) is 27.7 Å². The van der Waals surface area contributed by atoms with Gasteiger partial charge in [-0.3, -0.25) is 4.79 Å². The number of halogens is 1. The number of methoxy groups -OCH3 is 1. The van der Waals surface area contributed by atoms with Crippen molar-refractivity contribution in [3.8, 4) is 0 Å². The predicted octanol–water partition coefficient (Wildman–Crippen LogP) is 11.5. The van der Waals surface area contributed by atoms with E-state index in [1.807, 2.05) is 54.6 Å². The van der Waals surface area contributed by atoms with Crippen molar-refractivity contribution in [3.05, 3.63) is 112 Å². The van der Waals surface area contributed by atoms with E-state index in [-0.39, 0.29) is 28.5 Å². The minimum atomic E-state index is -0.330. The van der Waals surface area contributed by atoms with Gasteiger partial charge in [-0.1, -0.05) is 111 Å². The summed E-state index contributed by atoms with van der Waals surface area (Å²) in [7, 11) is 1.42. The van der Waals surface area contributed by atoms with Crippen molar-refractivity contribution in [2.45, 2.75) is 120 Å². The summed E-state index contributed by atoms with van der Waals surface area (Å²) in [6.45, 7) is 0. The van der Waals surface area contributed by atoms with E-state index in [0.717, 1.165) is 78.2 Å². The summed E-state index contributed by atoms with van der Waals surface area (Å²) in [4.78, 5) is 37.9. The lowest BCUT2D eigenvalue weighted by atomic mass is 9.80. The van der Waals surface area contributed by atoms with E-state index in [4.69, 9.17) is 38.8 Å². The van der Waals surface area contributed by atoms with Gasteiger partial charge < -0.3 is 9.57 Å². The molecular weight excluding hydrogens is 712 g/mol. The molecule has 3 aliphatic carbocycles. The summed E-state index contributed by atoms with van der Waals surface area (Å²) in [5, 5.41) is 3.78. The molecule has 3 fully saturated rings. The van der Waals surface area contributed by atoms with Crippen LogP contribution in [0.4, 0.5) is 0 Å². The summed E-state index contributed by atoms with van der Waals surface area (Å²) < 4.78 is 5.12. The van der Waals surface area contributed by atoms with Gasteiger partial charge in [-0.2, -0.15) is 12.6 Å². The summed E-state index contributed by atoms with van der Waals surface area (Å²) in [6, 6.07) is 26.8. The average molecular weight is 765 g/mol. The Morgan fingerprint density at radius 1 is 0.889 bits per heavy atom. The number of aryl methyl sites for hydroxylation is 1. The second-order valence-corrected chi connectivity index (χ2v) is 16.8. The third-order valence-electron chi connectivity index (χ3n) is 12.1. The van der Waals surface area contributed by atoms with Gasteiger partial charge in [-0.25, -0.2) is 9.78 Å². The minimum Gasteiger partial charge on any atom is -0.465 e. The number of hydrogen-bond donors (Lipinski definition) is 1. The first kappa shape index (κ1) is 38.6. The zero-order chi connectivity index (χ0) is 37.5. The topological polar surface area (TPSA) is 68.7 Å². The van der Waals surface area contributed by atoms with Crippen LogP contribution in [-0.4, -0.2) is 46.4 Å². The van der Waals surface area contributed by atoms with E-state index >= 15 is 0 Å². The second kappa shape index (κ2) is 17.9. The fourth-order valence-corrected chi connectivity index (χ4v) is 9.70. The number of rotatable bonds is 14. The molecule has 54 heavy (non-hydrogen) atoms. The predicted molar refractivity (Wildman–Crippen MR) is 222 cm³/mol. The van der Waals surface area contributed by atoms with E-state index < -0.39 is 0 Å². The molecule has 3 aromatic carbocycles. The molecule has 0 N–H and O–H groups in total. The van der Waals surface area contributed by atoms with Crippen LogP contribution in [0.5, 0.6) is 0 Å². The molecule has 3 aliphatic rings. The SMILES string of the molecule is COC(=O)c1ccccc1CC[C@H](c1cccc(C=Cc2ccc3ccc(Cl)cc3n2)c1)C(S)C1(CC(=O)ON(C2CCCCC2)C2CCCCC2)CC1. The van der Waals surface area contributed by atoms with Crippen molar-refractivity contribution in [2.75, 3.05) is 7.11 Å². The smallest absolute Gasteiger partial charge is 0.338 e. The van der Waals surface area contributed by atoms with Gasteiger partial charge in [0.15, 0.2) is 0 Å². The van der Waals surface area contributed by atoms with Crippen LogP contribution in [0.3, 0.4) is 0 Å². The number of carbonyl (C=O) groups is 2. The molecule has 0 amide bonds. The third kappa shape index (κ3) is 9.41. The largest absolute Gasteiger partial charge is 0.465 e. The first-order valence-electron chi connectivity index (χ1n) is 20.0. The highest BCUT2D eigenvalue weighted by molar-refractivity contribution is 7.81. The molecule has 2 atom stereocenters. The Morgan fingerprint density at radius 2 is 1.59 bits per heavy atom. The number of ether oxygens (including phenoxy) is 1. The molecule has 0 saturated heterocycles. The van der Waals surface area contributed by atoms with Crippen LogP contribution in [-0.2, 0) is 20.8 Å². The minimum absolute atomic E-state index is 0.0245. The maximum Gasteiger partial charge on any atom is 0.338 e. The first-order chi connectivity index (χ1) is 26.3. The van der Waals surface area contributed by atoms with Gasteiger partial charge >= 0.3 is 11.9 Å². The molecule has 0 bridgehead atoms. The highest BCUT2D eigenvalue weighted by Gasteiger charge is 2.52. The van der Waals surface area contributed by atoms with E-state index in [9.17, 15) is 9.59 Å². The summed E-state index contributed by atoms with van der Waals surface area (Å²) >= 11 is 11.7. The van der Waals surface area contributed by atoms with Crippen molar-refractivity contribution in [1.82, 2.24) is 10.0 Å². The Labute approximate surface area is 331 Å². The Hall–Kier alpha value is -3.65. The molecule has 0 radical (unpaired) electrons. The molecule has 3 saturated carbocycles. The Morgan fingerprint density at radius 3 is 2.30 bits per heavy atom. The molecule has 1 aromatic heterocycles. The number of hydrogen-bond acceptors (Lipinski definition) is 7. The zero-order valence-electron chi connectivity index (χ0n) is 31.4. The molecule has 4 aromatic rings. The monoisotopic (exact) mass is 764 g/mol. The van der Waals surface area contributed by atoms with Crippen LogP contribution < -0.4 is 0 Å². The van der Waals surface area contributed by atoms with Crippen LogP contribution in [0.2, 0.25) is 5.02 Å². The maximum atomic E-state index is 14.0. The molecule has 0 aliphatic heterocycles. The van der Waals surface area contributed by atoms with Crippen molar-refractivity contribution in [2.24, 2.45) is 5.41 Å². The summed E-state index contributed by atoms with van der Waals surface area (Å²) in [5.74, 6) is -0.419. The van der Waals surface area contributed by atoms with Crippen LogP contribution >= 0.6 is 24.2 Å². The van der Waals surface area contributed by atoms with E-state index in [0.29, 0.717) is 35.5 Å². The fraction of sp³-hybridized carbons (Fsp3) is 0.457. The number of fused-ring (bicyclic) bond motifs is 1. The molecule has 284 valence electrons. The molecule has 7 rings (SSSR count). The molecular formula is C46H53ClN2O4S. The van der Waals surface area contributed by atoms with Gasteiger partial charge in [0.05, 0.1) is 30.3 Å². The normalized spacial score (nSPS) is 18.8. The van der Waals surface area contributed by atoms with E-state index in [1.165, 1.54) is 45.6 Å². The highest BCUT2D eigenvalue weighted by Crippen LogP contribution is 2.58. The lowest BCUT2D eigenvalue weighted by molar-refractivity contribution is -0.224. The van der Waals surface area contributed by atoms with Gasteiger partial charge in [0.2, 0.25) is 0 Å². The van der Waals surface area contributed by atoms with E-state index in [1.54, 1.807) is 0 Å². The van der Waals surface area contributed by atoms with Crippen molar-refractivity contribution in [1.29, 1.82) is 0 Å². The lowest BCUT2D eigenvalue weighted by Gasteiger charge is -2.40. The summed E-state index contributed by atoms with van der Waals surface area (Å²) in [6.07, 6.45) is 19.6. The van der Waals surface area contributed by atoms with Crippen molar-refractivity contribution in [3.63, 3.8) is 0 Å². The standard InChI is InChI=1S/C46H53ClN2O4S/c1-52-45(51)41-18-9-8-12-33(41)22-26-40(35-13-10-11-32(29-35)19-24-37-25-21-34-20-23-36(47)30-42(34)48-37)44(54)46(27-28-46)31-43(50)53-49(38-14-4-2-5-15-38)39-16-6-3-7-17-39/h8-13,18-21,23-25,29-30,38-40,44,54H,2-7,14-17,22,26-28,31H2,1H3/t40-,44?/m1/s1. The van der Waals surface area contributed by atoms with Gasteiger partial charge in [0.25, 0.3) is 0 Å². The van der Waals surface area contributed by atoms with Crippen molar-refractivity contribution < 1.29 is 19.2 Å². The van der Waals surface area contributed by atoms with Crippen LogP contribution in [0, 0.1) is 5.41 Å². The first-order valence-corrected chi connectivity index (χ1v) is 20.9. The molecule has 0 spiro atoms. The molecule has 1 heterocycles. The molecule has 8 heteroatoms. The van der Waals surface area contributed by atoms with Gasteiger partial charge in [0.1, 0.15) is 0 Å². The molecule has 1 unspecified atom stereocenters. The molecule has 6 nitrogen and oxygen atoms in total. The van der Waals surface area contributed by atoms with Crippen molar-refractivity contribution >= 4 is 59.2 Å². The maximum absolute atomic E-state index is 14.0. The number of aromatic nitrogens is 1. The number of nitrogens with zero attached hydrogens (tertiary/aromatic N) is 2. The fourth-order valence-electron chi connectivity index (χ4n) is 8.86. The van der Waals surface area contributed by atoms with Crippen LogP contribution in [0.1, 0.15) is 129 Å². The zero-order valence-corrected chi connectivity index (χ0v) is 33.1. The number of hydroxylamine groups is 2. The number of pyridine rings is 1. The summed E-state index contributed by atoms with van der Waals surface area (Å²) in [5.41, 5.74) is 5.22. The Balaban J connectivity index is 1.13. The van der Waals surface area contributed by atoms with Gasteiger partial charge in [-0.15, -0.1) is 5.06 Å².